The molecule has 0 saturated carbocycles. The van der Waals surface area contributed by atoms with Crippen molar-refractivity contribution < 1.29 is 24.2 Å². The first-order valence-electron chi connectivity index (χ1n) is 7.25. The lowest BCUT2D eigenvalue weighted by atomic mass is 9.97. The molecule has 0 radical (unpaired) electrons. The molecule has 3 rings (SSSR count). The Labute approximate surface area is 151 Å². The van der Waals surface area contributed by atoms with E-state index < -0.39 is 33.0 Å². The zero-order valence-electron chi connectivity index (χ0n) is 13.3. The summed E-state index contributed by atoms with van der Waals surface area (Å²) in [5.41, 5.74) is 0. The number of carbonyl (C=O) groups excluding carboxylic acids is 2. The fourth-order valence-electron chi connectivity index (χ4n) is 3.08. The maximum atomic E-state index is 12.7. The van der Waals surface area contributed by atoms with E-state index in [1.807, 2.05) is 17.5 Å². The Bertz CT molecular complexity index is 689. The molecule has 9 heteroatoms. The standard InChI is InChI=1S/C15H17NO5S3/c1-14(2)10(11(18)19)16-12(20)15(21-3,13(16)24-14)23-9(17)7-8-5-4-6-22-8/h4-6,10,13H,7H2,1-3H3,(H,18,19)/t10-,13+,15+/m0/s1. The molecule has 2 saturated heterocycles. The molecule has 1 aromatic heterocycles. The number of β-lactam (4-membered cyclic amide) rings is 1. The summed E-state index contributed by atoms with van der Waals surface area (Å²) in [4.78, 5) is 37.6. The molecule has 2 fully saturated rings. The normalized spacial score (nSPS) is 30.8. The lowest BCUT2D eigenvalue weighted by molar-refractivity contribution is -0.177. The lowest BCUT2D eigenvalue weighted by Crippen LogP contribution is -2.73. The average molecular weight is 388 g/mol. The zero-order valence-corrected chi connectivity index (χ0v) is 15.8. The van der Waals surface area contributed by atoms with Gasteiger partial charge >= 0.3 is 5.97 Å². The van der Waals surface area contributed by atoms with E-state index in [1.54, 1.807) is 13.8 Å². The molecule has 3 atom stereocenters. The number of fused-ring (bicyclic) bond motifs is 1. The van der Waals surface area contributed by atoms with Gasteiger partial charge < -0.3 is 14.7 Å². The van der Waals surface area contributed by atoms with Crippen LogP contribution in [0, 0.1) is 0 Å². The van der Waals surface area contributed by atoms with Crippen molar-refractivity contribution in [3.05, 3.63) is 22.4 Å². The first-order valence-corrected chi connectivity index (χ1v) is 9.83. The van der Waals surface area contributed by atoms with Crippen LogP contribution >= 0.6 is 34.9 Å². The van der Waals surface area contributed by atoms with E-state index in [0.717, 1.165) is 16.6 Å². The van der Waals surface area contributed by atoms with Gasteiger partial charge in [0.1, 0.15) is 11.4 Å². The van der Waals surface area contributed by atoms with E-state index in [0.29, 0.717) is 0 Å². The van der Waals surface area contributed by atoms with Crippen molar-refractivity contribution in [1.82, 2.24) is 4.90 Å². The van der Waals surface area contributed by atoms with Crippen molar-refractivity contribution in [3.63, 3.8) is 0 Å². The van der Waals surface area contributed by atoms with E-state index >= 15 is 0 Å². The van der Waals surface area contributed by atoms with Gasteiger partial charge in [-0.25, -0.2) is 4.79 Å². The molecule has 2 aliphatic heterocycles. The van der Waals surface area contributed by atoms with Crippen molar-refractivity contribution in [2.75, 3.05) is 7.11 Å². The van der Waals surface area contributed by atoms with Crippen LogP contribution in [0.3, 0.4) is 0 Å². The molecule has 0 aliphatic carbocycles. The van der Waals surface area contributed by atoms with Crippen molar-refractivity contribution in [2.45, 2.75) is 41.4 Å². The number of thioether (sulfide) groups is 2. The molecule has 1 amide bonds. The summed E-state index contributed by atoms with van der Waals surface area (Å²) in [7, 11) is 1.39. The van der Waals surface area contributed by atoms with Crippen LogP contribution in [0.4, 0.5) is 0 Å². The van der Waals surface area contributed by atoms with Gasteiger partial charge in [-0.15, -0.1) is 23.1 Å². The minimum atomic E-state index is -1.33. The summed E-state index contributed by atoms with van der Waals surface area (Å²) in [6.07, 6.45) is 0.226. The van der Waals surface area contributed by atoms with Crippen LogP contribution in [0.1, 0.15) is 18.7 Å². The topological polar surface area (TPSA) is 83.9 Å². The summed E-state index contributed by atoms with van der Waals surface area (Å²) in [5.74, 6) is -1.48. The van der Waals surface area contributed by atoms with Crippen LogP contribution in [0.15, 0.2) is 17.5 Å². The molecule has 3 heterocycles. The number of thiophene rings is 1. The van der Waals surface area contributed by atoms with E-state index in [-0.39, 0.29) is 11.5 Å². The fourth-order valence-corrected chi connectivity index (χ4v) is 6.83. The number of carbonyl (C=O) groups is 3. The molecular weight excluding hydrogens is 370 g/mol. The molecule has 1 N–H and O–H groups in total. The van der Waals surface area contributed by atoms with Gasteiger partial charge in [-0.05, 0) is 37.1 Å². The predicted molar refractivity (Wildman–Crippen MR) is 94.1 cm³/mol. The lowest BCUT2D eigenvalue weighted by Gasteiger charge is -2.50. The molecule has 1 aromatic rings. The van der Waals surface area contributed by atoms with Crippen LogP contribution in [0.5, 0.6) is 0 Å². The highest BCUT2D eigenvalue weighted by molar-refractivity contribution is 8.16. The zero-order chi connectivity index (χ0) is 17.7. The number of methoxy groups -OCH3 is 1. The highest BCUT2D eigenvalue weighted by Gasteiger charge is 2.73. The Morgan fingerprint density at radius 2 is 2.17 bits per heavy atom. The molecule has 2 aliphatic rings. The van der Waals surface area contributed by atoms with Crippen LogP contribution in [-0.4, -0.2) is 55.2 Å². The minimum absolute atomic E-state index is 0.163. The number of carboxylic acid groups (broad SMARTS) is 1. The summed E-state index contributed by atoms with van der Waals surface area (Å²) >= 11 is 3.72. The van der Waals surface area contributed by atoms with Gasteiger partial charge in [-0.3, -0.25) is 9.59 Å². The summed E-state index contributed by atoms with van der Waals surface area (Å²) in [6.45, 7) is 3.58. The van der Waals surface area contributed by atoms with Gasteiger partial charge in [0, 0.05) is 16.7 Å². The number of ether oxygens (including phenoxy) is 1. The predicted octanol–water partition coefficient (Wildman–Crippen LogP) is 2.04. The van der Waals surface area contributed by atoms with E-state index in [1.165, 1.54) is 35.1 Å². The van der Waals surface area contributed by atoms with E-state index in [2.05, 4.69) is 0 Å². The maximum absolute atomic E-state index is 12.7. The highest BCUT2D eigenvalue weighted by atomic mass is 32.2. The Kier molecular flexibility index (Phi) is 4.48. The summed E-state index contributed by atoms with van der Waals surface area (Å²) < 4.78 is 4.80. The van der Waals surface area contributed by atoms with Crippen molar-refractivity contribution >= 4 is 51.9 Å². The molecule has 130 valence electrons. The number of nitrogens with zero attached hydrogens (tertiary/aromatic N) is 1. The maximum Gasteiger partial charge on any atom is 0.327 e. The second kappa shape index (κ2) is 6.05. The second-order valence-electron chi connectivity index (χ2n) is 6.13. The molecule has 0 aromatic carbocycles. The third-order valence-corrected chi connectivity index (χ3v) is 8.04. The fraction of sp³-hybridized carbons (Fsp3) is 0.533. The third kappa shape index (κ3) is 2.58. The highest BCUT2D eigenvalue weighted by Crippen LogP contribution is 2.59. The Morgan fingerprint density at radius 1 is 1.46 bits per heavy atom. The second-order valence-corrected chi connectivity index (χ2v) is 10.2. The van der Waals surface area contributed by atoms with Crippen molar-refractivity contribution in [3.8, 4) is 0 Å². The smallest absolute Gasteiger partial charge is 0.327 e. The third-order valence-electron chi connectivity index (χ3n) is 4.16. The number of hydrogen-bond acceptors (Lipinski definition) is 7. The number of carboxylic acids is 1. The van der Waals surface area contributed by atoms with Gasteiger partial charge in [0.15, 0.2) is 5.12 Å². The molecular formula is C15H17NO5S3. The van der Waals surface area contributed by atoms with E-state index in [9.17, 15) is 19.5 Å². The molecule has 24 heavy (non-hydrogen) atoms. The Balaban J connectivity index is 1.81. The van der Waals surface area contributed by atoms with Crippen LogP contribution in [-0.2, 0) is 25.5 Å². The minimum Gasteiger partial charge on any atom is -0.480 e. The van der Waals surface area contributed by atoms with Crippen molar-refractivity contribution in [2.24, 2.45) is 0 Å². The summed E-state index contributed by atoms with van der Waals surface area (Å²) in [5, 5.41) is 10.7. The Hall–Kier alpha value is -1.03. The molecule has 0 unspecified atom stereocenters. The molecule has 0 bridgehead atoms. The largest absolute Gasteiger partial charge is 0.480 e. The monoisotopic (exact) mass is 387 g/mol. The molecule has 0 spiro atoms. The van der Waals surface area contributed by atoms with Crippen LogP contribution in [0.25, 0.3) is 0 Å². The summed E-state index contributed by atoms with van der Waals surface area (Å²) in [6, 6.07) is 2.81. The number of aliphatic carboxylic acids is 1. The van der Waals surface area contributed by atoms with E-state index in [4.69, 9.17) is 4.74 Å². The number of rotatable bonds is 5. The van der Waals surface area contributed by atoms with Gasteiger partial charge in [0.05, 0.1) is 6.42 Å². The van der Waals surface area contributed by atoms with Crippen LogP contribution in [0.2, 0.25) is 0 Å². The molecule has 6 nitrogen and oxygen atoms in total. The van der Waals surface area contributed by atoms with Crippen LogP contribution < -0.4 is 0 Å². The van der Waals surface area contributed by atoms with Crippen molar-refractivity contribution in [1.29, 1.82) is 0 Å². The Morgan fingerprint density at radius 3 is 2.71 bits per heavy atom. The first kappa shape index (κ1) is 17.8. The number of amides is 1. The van der Waals surface area contributed by atoms with Gasteiger partial charge in [-0.2, -0.15) is 0 Å². The average Bonchev–Trinajstić information content (AvgIpc) is 3.08. The van der Waals surface area contributed by atoms with Gasteiger partial charge in [0.2, 0.25) is 4.93 Å². The van der Waals surface area contributed by atoms with Gasteiger partial charge in [-0.1, -0.05) is 6.07 Å². The first-order chi connectivity index (χ1) is 11.2. The SMILES string of the molecule is CO[C@@]1(SC(=O)Cc2cccs2)C(=O)N2[C@@H](C(=O)O)C(C)(C)S[C@@H]21. The number of hydrogen-bond donors (Lipinski definition) is 1. The quantitative estimate of drug-likeness (QED) is 0.611. The van der Waals surface area contributed by atoms with Gasteiger partial charge in [0.25, 0.3) is 5.91 Å².